The second-order valence-electron chi connectivity index (χ2n) is 7.07. The smallest absolute Gasteiger partial charge is 0.304 e. The van der Waals surface area contributed by atoms with Gasteiger partial charge in [-0.1, -0.05) is 73.3 Å². The fourth-order valence-electron chi connectivity index (χ4n) is 3.02. The lowest BCUT2D eigenvalue weighted by Crippen LogP contribution is -2.17. The summed E-state index contributed by atoms with van der Waals surface area (Å²) < 4.78 is 14.4. The van der Waals surface area contributed by atoms with Crippen molar-refractivity contribution in [3.8, 4) is 11.1 Å². The van der Waals surface area contributed by atoms with Crippen LogP contribution in [-0.2, 0) is 22.8 Å². The molecule has 3 aromatic rings. The molecule has 0 aliphatic rings. The topological polar surface area (TPSA) is 70.6 Å². The number of hydroxylamine groups is 1. The van der Waals surface area contributed by atoms with Crippen LogP contribution in [0.15, 0.2) is 79.4 Å². The summed E-state index contributed by atoms with van der Waals surface area (Å²) >= 11 is 0. The van der Waals surface area contributed by atoms with Crippen LogP contribution in [0.4, 0.5) is 4.39 Å². The Morgan fingerprint density at radius 2 is 1.71 bits per heavy atom. The normalized spacial score (nSPS) is 10.6. The standard InChI is InChI=1S/C25H25FN2O3/c1-18(21-10-7-19(8-11-21)16-27-14-13-25(29)30)28-31-17-20-9-12-23(24(26)15-20)22-5-3-2-4-6-22/h2-12,15,27-28H,1,13-14,16-17H2,(H,29,30). The van der Waals surface area contributed by atoms with E-state index < -0.39 is 5.97 Å². The van der Waals surface area contributed by atoms with Crippen molar-refractivity contribution in [2.24, 2.45) is 0 Å². The third-order valence-electron chi connectivity index (χ3n) is 4.70. The van der Waals surface area contributed by atoms with E-state index in [1.165, 1.54) is 6.07 Å². The highest BCUT2D eigenvalue weighted by Gasteiger charge is 2.07. The average Bonchev–Trinajstić information content (AvgIpc) is 2.77. The quantitative estimate of drug-likeness (QED) is 0.309. The summed E-state index contributed by atoms with van der Waals surface area (Å²) in [5.41, 5.74) is 7.39. The highest BCUT2D eigenvalue weighted by atomic mass is 19.1. The fraction of sp³-hybridized carbons (Fsp3) is 0.160. The molecule has 0 bridgehead atoms. The molecule has 0 amide bonds. The number of benzene rings is 3. The van der Waals surface area contributed by atoms with Gasteiger partial charge in [-0.3, -0.25) is 15.1 Å². The van der Waals surface area contributed by atoms with Crippen molar-refractivity contribution < 1.29 is 19.1 Å². The molecule has 0 unspecified atom stereocenters. The number of hydrogen-bond acceptors (Lipinski definition) is 4. The molecule has 160 valence electrons. The zero-order valence-electron chi connectivity index (χ0n) is 17.1. The number of aliphatic carboxylic acids is 1. The lowest BCUT2D eigenvalue weighted by molar-refractivity contribution is -0.136. The second kappa shape index (κ2) is 11.1. The van der Waals surface area contributed by atoms with Crippen LogP contribution in [0, 0.1) is 5.82 Å². The number of carbonyl (C=O) groups is 1. The van der Waals surface area contributed by atoms with Gasteiger partial charge in [0.15, 0.2) is 0 Å². The fourth-order valence-corrected chi connectivity index (χ4v) is 3.02. The largest absolute Gasteiger partial charge is 0.481 e. The van der Waals surface area contributed by atoms with Crippen LogP contribution in [0.3, 0.4) is 0 Å². The van der Waals surface area contributed by atoms with Gasteiger partial charge in [0, 0.05) is 18.7 Å². The highest BCUT2D eigenvalue weighted by molar-refractivity contribution is 5.67. The van der Waals surface area contributed by atoms with Gasteiger partial charge in [-0.25, -0.2) is 4.39 Å². The van der Waals surface area contributed by atoms with Gasteiger partial charge < -0.3 is 10.4 Å². The van der Waals surface area contributed by atoms with Gasteiger partial charge in [0.2, 0.25) is 0 Å². The van der Waals surface area contributed by atoms with Gasteiger partial charge in [0.1, 0.15) is 5.82 Å². The average molecular weight is 420 g/mol. The van der Waals surface area contributed by atoms with Gasteiger partial charge in [0.25, 0.3) is 0 Å². The zero-order valence-corrected chi connectivity index (χ0v) is 17.1. The van der Waals surface area contributed by atoms with Crippen LogP contribution >= 0.6 is 0 Å². The van der Waals surface area contributed by atoms with Crippen LogP contribution in [0.2, 0.25) is 0 Å². The predicted molar refractivity (Wildman–Crippen MR) is 119 cm³/mol. The van der Waals surface area contributed by atoms with Crippen LogP contribution in [0.25, 0.3) is 16.8 Å². The molecule has 0 spiro atoms. The van der Waals surface area contributed by atoms with Crippen molar-refractivity contribution >= 4 is 11.7 Å². The first-order chi connectivity index (χ1) is 15.0. The Labute approximate surface area is 181 Å². The van der Waals surface area contributed by atoms with Crippen molar-refractivity contribution in [1.82, 2.24) is 10.8 Å². The number of carboxylic acids is 1. The molecule has 3 rings (SSSR count). The minimum absolute atomic E-state index is 0.0923. The van der Waals surface area contributed by atoms with Crippen molar-refractivity contribution in [2.75, 3.05) is 6.54 Å². The summed E-state index contributed by atoms with van der Waals surface area (Å²) in [4.78, 5) is 16.0. The molecule has 0 radical (unpaired) electrons. The molecular formula is C25H25FN2O3. The van der Waals surface area contributed by atoms with Gasteiger partial charge in [-0.2, -0.15) is 0 Å². The van der Waals surface area contributed by atoms with Crippen molar-refractivity contribution in [3.05, 3.63) is 102 Å². The van der Waals surface area contributed by atoms with Crippen molar-refractivity contribution in [3.63, 3.8) is 0 Å². The first-order valence-electron chi connectivity index (χ1n) is 9.95. The van der Waals surface area contributed by atoms with E-state index in [-0.39, 0.29) is 18.8 Å². The Bertz CT molecular complexity index is 1020. The van der Waals surface area contributed by atoms with E-state index in [1.807, 2.05) is 60.7 Å². The molecule has 0 saturated carbocycles. The molecule has 5 nitrogen and oxygen atoms in total. The zero-order chi connectivity index (χ0) is 22.1. The minimum Gasteiger partial charge on any atom is -0.481 e. The van der Waals surface area contributed by atoms with E-state index in [0.29, 0.717) is 29.9 Å². The summed E-state index contributed by atoms with van der Waals surface area (Å²) in [7, 11) is 0. The maximum absolute atomic E-state index is 14.4. The van der Waals surface area contributed by atoms with Crippen LogP contribution in [0.1, 0.15) is 23.1 Å². The second-order valence-corrected chi connectivity index (χ2v) is 7.07. The summed E-state index contributed by atoms with van der Waals surface area (Å²) in [5.74, 6) is -1.11. The Kier molecular flexibility index (Phi) is 7.92. The molecule has 6 heteroatoms. The van der Waals surface area contributed by atoms with Gasteiger partial charge >= 0.3 is 5.97 Å². The minimum atomic E-state index is -0.819. The highest BCUT2D eigenvalue weighted by Crippen LogP contribution is 2.23. The molecule has 0 saturated heterocycles. The van der Waals surface area contributed by atoms with E-state index in [0.717, 1.165) is 16.7 Å². The molecular weight excluding hydrogens is 395 g/mol. The number of nitrogens with one attached hydrogen (secondary N) is 2. The van der Waals surface area contributed by atoms with E-state index in [9.17, 15) is 9.18 Å². The van der Waals surface area contributed by atoms with Crippen LogP contribution in [-0.4, -0.2) is 17.6 Å². The van der Waals surface area contributed by atoms with Gasteiger partial charge in [0.05, 0.1) is 18.7 Å². The summed E-state index contributed by atoms with van der Waals surface area (Å²) in [6.07, 6.45) is 0.0923. The molecule has 0 aliphatic carbocycles. The van der Waals surface area contributed by atoms with Crippen molar-refractivity contribution in [1.29, 1.82) is 0 Å². The maximum atomic E-state index is 14.4. The Morgan fingerprint density at radius 1 is 1.00 bits per heavy atom. The van der Waals surface area contributed by atoms with E-state index >= 15 is 0 Å². The third kappa shape index (κ3) is 6.77. The SMILES string of the molecule is C=C(NOCc1ccc(-c2ccccc2)c(F)c1)c1ccc(CNCCC(=O)O)cc1. The predicted octanol–water partition coefficient (Wildman–Crippen LogP) is 4.75. The maximum Gasteiger partial charge on any atom is 0.304 e. The molecule has 0 atom stereocenters. The van der Waals surface area contributed by atoms with E-state index in [2.05, 4.69) is 17.4 Å². The Hall–Kier alpha value is -3.48. The van der Waals surface area contributed by atoms with Gasteiger partial charge in [-0.15, -0.1) is 0 Å². The Balaban J connectivity index is 1.46. The molecule has 0 aliphatic heterocycles. The Morgan fingerprint density at radius 3 is 2.39 bits per heavy atom. The number of rotatable bonds is 11. The lowest BCUT2D eigenvalue weighted by Gasteiger charge is -2.12. The molecule has 0 aromatic heterocycles. The number of hydrogen-bond donors (Lipinski definition) is 3. The third-order valence-corrected chi connectivity index (χ3v) is 4.70. The summed E-state index contributed by atoms with van der Waals surface area (Å²) in [6, 6.07) is 22.1. The van der Waals surface area contributed by atoms with E-state index in [1.54, 1.807) is 6.07 Å². The lowest BCUT2D eigenvalue weighted by atomic mass is 10.0. The van der Waals surface area contributed by atoms with E-state index in [4.69, 9.17) is 9.94 Å². The number of halogens is 1. The molecule has 3 aromatic carbocycles. The van der Waals surface area contributed by atoms with Crippen LogP contribution in [0.5, 0.6) is 0 Å². The van der Waals surface area contributed by atoms with Crippen molar-refractivity contribution in [2.45, 2.75) is 19.6 Å². The first kappa shape index (κ1) is 22.2. The monoisotopic (exact) mass is 420 g/mol. The van der Waals surface area contributed by atoms with Gasteiger partial charge in [-0.05, 0) is 28.3 Å². The summed E-state index contributed by atoms with van der Waals surface area (Å²) in [6.45, 7) is 5.17. The van der Waals surface area contributed by atoms with Crippen LogP contribution < -0.4 is 10.8 Å². The molecule has 0 heterocycles. The molecule has 3 N–H and O–H groups in total. The molecule has 0 fully saturated rings. The first-order valence-corrected chi connectivity index (χ1v) is 9.95. The molecule has 31 heavy (non-hydrogen) atoms. The summed E-state index contributed by atoms with van der Waals surface area (Å²) in [5, 5.41) is 11.7. The number of carboxylic acid groups (broad SMARTS) is 1.